The van der Waals surface area contributed by atoms with Crippen LogP contribution < -0.4 is 0 Å². The molecule has 1 aromatic rings. The summed E-state index contributed by atoms with van der Waals surface area (Å²) < 4.78 is 52.8. The van der Waals surface area contributed by atoms with Gasteiger partial charge in [0.2, 0.25) is 6.43 Å². The van der Waals surface area contributed by atoms with Gasteiger partial charge in [-0.1, -0.05) is 25.5 Å². The Morgan fingerprint density at radius 2 is 1.73 bits per heavy atom. The van der Waals surface area contributed by atoms with Gasteiger partial charge in [0.25, 0.3) is 0 Å². The summed E-state index contributed by atoms with van der Waals surface area (Å²) in [5, 5.41) is 0. The smallest absolute Gasteiger partial charge is 0.211 e. The monoisotopic (exact) mass is 316 g/mol. The molecule has 0 amide bonds. The molecular formula is C18H24F4. The first kappa shape index (κ1) is 17.3. The minimum Gasteiger partial charge on any atom is -0.211 e. The number of rotatable bonds is 6. The van der Waals surface area contributed by atoms with Crippen LogP contribution >= 0.6 is 0 Å². The maximum absolute atomic E-state index is 14.2. The molecule has 0 nitrogen and oxygen atoms in total. The predicted molar refractivity (Wildman–Crippen MR) is 80.3 cm³/mol. The van der Waals surface area contributed by atoms with Crippen molar-refractivity contribution >= 4 is 0 Å². The van der Waals surface area contributed by atoms with Crippen LogP contribution in [-0.2, 0) is 6.42 Å². The van der Waals surface area contributed by atoms with Gasteiger partial charge in [0.05, 0.1) is 0 Å². The quantitative estimate of drug-likeness (QED) is 0.545. The maximum atomic E-state index is 14.2. The molecule has 1 fully saturated rings. The average molecular weight is 316 g/mol. The van der Waals surface area contributed by atoms with Gasteiger partial charge in [-0.05, 0) is 61.5 Å². The van der Waals surface area contributed by atoms with Gasteiger partial charge in [-0.25, -0.2) is 17.6 Å². The fourth-order valence-electron chi connectivity index (χ4n) is 3.51. The van der Waals surface area contributed by atoms with Gasteiger partial charge in [0.15, 0.2) is 11.6 Å². The van der Waals surface area contributed by atoms with Gasteiger partial charge >= 0.3 is 0 Å². The van der Waals surface area contributed by atoms with Crippen LogP contribution in [0.15, 0.2) is 12.1 Å². The van der Waals surface area contributed by atoms with Crippen LogP contribution in [0.3, 0.4) is 0 Å². The minimum atomic E-state index is -2.24. The molecule has 0 unspecified atom stereocenters. The van der Waals surface area contributed by atoms with Gasteiger partial charge in [-0.15, -0.1) is 0 Å². The summed E-state index contributed by atoms with van der Waals surface area (Å²) in [5.74, 6) is -1.09. The molecule has 0 atom stereocenters. The van der Waals surface area contributed by atoms with E-state index in [0.29, 0.717) is 29.9 Å². The summed E-state index contributed by atoms with van der Waals surface area (Å²) in [6.45, 7) is 1.94. The number of halogens is 4. The van der Waals surface area contributed by atoms with Crippen molar-refractivity contribution in [2.45, 2.75) is 70.6 Å². The number of alkyl halides is 2. The molecule has 2 rings (SSSR count). The molecule has 1 aliphatic carbocycles. The number of hydrogen-bond acceptors (Lipinski definition) is 0. The molecule has 0 spiro atoms. The fraction of sp³-hybridized carbons (Fsp3) is 0.667. The molecule has 0 radical (unpaired) electrons. The highest BCUT2D eigenvalue weighted by Gasteiger charge is 2.26. The zero-order valence-corrected chi connectivity index (χ0v) is 13.1. The van der Waals surface area contributed by atoms with E-state index in [0.717, 1.165) is 32.1 Å². The zero-order valence-electron chi connectivity index (χ0n) is 13.1. The van der Waals surface area contributed by atoms with Crippen molar-refractivity contribution in [3.63, 3.8) is 0 Å². The van der Waals surface area contributed by atoms with Crippen LogP contribution in [0.4, 0.5) is 17.6 Å². The van der Waals surface area contributed by atoms with E-state index in [1.807, 2.05) is 6.92 Å². The Morgan fingerprint density at radius 1 is 1.05 bits per heavy atom. The lowest BCUT2D eigenvalue weighted by Crippen LogP contribution is -2.16. The molecule has 4 heteroatoms. The second-order valence-electron chi connectivity index (χ2n) is 6.38. The number of benzene rings is 1. The molecule has 0 saturated heterocycles. The summed E-state index contributed by atoms with van der Waals surface area (Å²) in [7, 11) is 0. The van der Waals surface area contributed by atoms with Crippen molar-refractivity contribution in [1.29, 1.82) is 0 Å². The van der Waals surface area contributed by atoms with Gasteiger partial charge in [0, 0.05) is 6.42 Å². The Hall–Kier alpha value is -1.06. The second kappa shape index (κ2) is 7.98. The lowest BCUT2D eigenvalue weighted by molar-refractivity contribution is 0.122. The third-order valence-corrected chi connectivity index (χ3v) is 4.79. The first-order chi connectivity index (χ1) is 10.5. The molecule has 1 aromatic carbocycles. The topological polar surface area (TPSA) is 0 Å². The highest BCUT2D eigenvalue weighted by Crippen LogP contribution is 2.39. The Labute approximate surface area is 129 Å². The summed E-state index contributed by atoms with van der Waals surface area (Å²) >= 11 is 0. The van der Waals surface area contributed by atoms with Gasteiger partial charge in [0.1, 0.15) is 0 Å². The highest BCUT2D eigenvalue weighted by atomic mass is 19.3. The molecule has 0 N–H and O–H groups in total. The second-order valence-corrected chi connectivity index (χ2v) is 6.38. The molecule has 124 valence electrons. The van der Waals surface area contributed by atoms with Crippen LogP contribution in [0, 0.1) is 17.6 Å². The molecule has 0 bridgehead atoms. The van der Waals surface area contributed by atoms with Crippen molar-refractivity contribution in [3.05, 3.63) is 34.9 Å². The molecule has 0 aliphatic heterocycles. The molecular weight excluding hydrogens is 292 g/mol. The van der Waals surface area contributed by atoms with E-state index in [2.05, 4.69) is 0 Å². The van der Waals surface area contributed by atoms with Crippen LogP contribution in [0.5, 0.6) is 0 Å². The van der Waals surface area contributed by atoms with Crippen molar-refractivity contribution < 1.29 is 17.6 Å². The summed E-state index contributed by atoms with van der Waals surface area (Å²) in [6, 6.07) is 3.41. The standard InChI is InChI=1S/C18H24F4/c1-2-3-14-9-10-15(18(22)17(14)21)13-7-4-12(5-8-13)6-11-16(19)20/h9-10,12-13,16H,2-8,11H2,1H3. The van der Waals surface area contributed by atoms with E-state index in [1.165, 1.54) is 0 Å². The van der Waals surface area contributed by atoms with Crippen LogP contribution in [-0.4, -0.2) is 6.43 Å². The van der Waals surface area contributed by atoms with E-state index in [9.17, 15) is 17.6 Å². The molecule has 1 saturated carbocycles. The first-order valence-corrected chi connectivity index (χ1v) is 8.27. The van der Waals surface area contributed by atoms with E-state index in [-0.39, 0.29) is 12.3 Å². The molecule has 0 heterocycles. The van der Waals surface area contributed by atoms with Crippen molar-refractivity contribution in [3.8, 4) is 0 Å². The van der Waals surface area contributed by atoms with Gasteiger partial charge < -0.3 is 0 Å². The SMILES string of the molecule is CCCc1ccc(C2CCC(CCC(F)F)CC2)c(F)c1F. The molecule has 22 heavy (non-hydrogen) atoms. The van der Waals surface area contributed by atoms with Gasteiger partial charge in [-0.2, -0.15) is 0 Å². The van der Waals surface area contributed by atoms with E-state index in [1.54, 1.807) is 12.1 Å². The summed E-state index contributed by atoms with van der Waals surface area (Å²) in [5.41, 5.74) is 0.902. The normalized spacial score (nSPS) is 22.3. The Balaban J connectivity index is 1.98. The Morgan fingerprint density at radius 3 is 2.32 bits per heavy atom. The number of hydrogen-bond donors (Lipinski definition) is 0. The fourth-order valence-corrected chi connectivity index (χ4v) is 3.51. The van der Waals surface area contributed by atoms with E-state index in [4.69, 9.17) is 0 Å². The van der Waals surface area contributed by atoms with Crippen molar-refractivity contribution in [2.75, 3.05) is 0 Å². The van der Waals surface area contributed by atoms with E-state index >= 15 is 0 Å². The summed E-state index contributed by atoms with van der Waals surface area (Å²) in [4.78, 5) is 0. The third kappa shape index (κ3) is 4.23. The summed E-state index contributed by atoms with van der Waals surface area (Å²) in [6.07, 6.45) is 2.75. The average Bonchev–Trinajstić information content (AvgIpc) is 2.51. The van der Waals surface area contributed by atoms with E-state index < -0.39 is 18.1 Å². The highest BCUT2D eigenvalue weighted by molar-refractivity contribution is 5.29. The molecule has 1 aliphatic rings. The Bertz CT molecular complexity index is 476. The lowest BCUT2D eigenvalue weighted by Gasteiger charge is -2.29. The first-order valence-electron chi connectivity index (χ1n) is 8.27. The Kier molecular flexibility index (Phi) is 6.27. The zero-order chi connectivity index (χ0) is 16.1. The third-order valence-electron chi connectivity index (χ3n) is 4.79. The maximum Gasteiger partial charge on any atom is 0.238 e. The van der Waals surface area contributed by atoms with Crippen LogP contribution in [0.1, 0.15) is 68.9 Å². The minimum absolute atomic E-state index is 0.0213. The van der Waals surface area contributed by atoms with Crippen molar-refractivity contribution in [2.24, 2.45) is 5.92 Å². The lowest BCUT2D eigenvalue weighted by atomic mass is 9.77. The van der Waals surface area contributed by atoms with Crippen LogP contribution in [0.25, 0.3) is 0 Å². The van der Waals surface area contributed by atoms with Gasteiger partial charge in [-0.3, -0.25) is 0 Å². The van der Waals surface area contributed by atoms with Crippen molar-refractivity contribution in [1.82, 2.24) is 0 Å². The number of aryl methyl sites for hydroxylation is 1. The largest absolute Gasteiger partial charge is 0.238 e. The van der Waals surface area contributed by atoms with Crippen LogP contribution in [0.2, 0.25) is 0 Å². The predicted octanol–water partition coefficient (Wildman–Crippen LogP) is 6.24. The molecule has 0 aromatic heterocycles.